The summed E-state index contributed by atoms with van der Waals surface area (Å²) in [4.78, 5) is -0.127. The van der Waals surface area contributed by atoms with Crippen molar-refractivity contribution < 1.29 is 25.9 Å². The molecule has 0 amide bonds. The molecule has 0 bridgehead atoms. The van der Waals surface area contributed by atoms with Gasteiger partial charge in [0.15, 0.2) is 0 Å². The lowest BCUT2D eigenvalue weighted by Crippen LogP contribution is -2.43. The van der Waals surface area contributed by atoms with Gasteiger partial charge in [-0.1, -0.05) is 28.7 Å². The van der Waals surface area contributed by atoms with Gasteiger partial charge in [0.2, 0.25) is 0 Å². The molecular formula is C16H18N2O6S2. The summed E-state index contributed by atoms with van der Waals surface area (Å²) in [6.45, 7) is 0. The van der Waals surface area contributed by atoms with Gasteiger partial charge in [0.25, 0.3) is 10.0 Å². The van der Waals surface area contributed by atoms with Crippen molar-refractivity contribution in [2.45, 2.75) is 23.8 Å². The van der Waals surface area contributed by atoms with E-state index in [1.807, 2.05) is 24.3 Å². The van der Waals surface area contributed by atoms with Gasteiger partial charge in [0, 0.05) is 0 Å². The first-order valence-electron chi connectivity index (χ1n) is 7.68. The van der Waals surface area contributed by atoms with Crippen LogP contribution in [0.3, 0.4) is 0 Å². The number of ether oxygens (including phenoxy) is 1. The minimum Gasteiger partial charge on any atom is -0.497 e. The van der Waals surface area contributed by atoms with Crippen LogP contribution in [0.2, 0.25) is 0 Å². The van der Waals surface area contributed by atoms with Crippen molar-refractivity contribution >= 4 is 20.3 Å². The van der Waals surface area contributed by atoms with E-state index in [0.29, 0.717) is 23.1 Å². The van der Waals surface area contributed by atoms with Crippen LogP contribution in [0.15, 0.2) is 53.4 Å². The first-order chi connectivity index (χ1) is 12.2. The largest absolute Gasteiger partial charge is 0.497 e. The molecule has 3 rings (SSSR count). The number of nitrogens with zero attached hydrogens (tertiary/aromatic N) is 1. The standard InChI is InChI=1S/C16H18N2O6S2/c1-23-15-6-8-16(9-7-15)25(19,20)18(24-26(17,21)22)14-10-12-4-2-3-5-13(12)11-14/h2-9,14H,10-11H2,1H3,(H2,17,21,22). The Balaban J connectivity index is 1.98. The van der Waals surface area contributed by atoms with Crippen molar-refractivity contribution in [2.24, 2.45) is 5.14 Å². The Bertz CT molecular complexity index is 978. The van der Waals surface area contributed by atoms with E-state index >= 15 is 0 Å². The predicted octanol–water partition coefficient (Wildman–Crippen LogP) is 0.988. The zero-order valence-corrected chi connectivity index (χ0v) is 15.5. The molecule has 0 saturated heterocycles. The summed E-state index contributed by atoms with van der Waals surface area (Å²) in [6, 6.07) is 12.2. The van der Waals surface area contributed by atoms with E-state index in [0.717, 1.165) is 11.1 Å². The highest BCUT2D eigenvalue weighted by molar-refractivity contribution is 7.90. The monoisotopic (exact) mass is 398 g/mol. The molecule has 0 heterocycles. The van der Waals surface area contributed by atoms with E-state index in [4.69, 9.17) is 14.2 Å². The quantitative estimate of drug-likeness (QED) is 0.726. The Morgan fingerprint density at radius 3 is 1.96 bits per heavy atom. The molecule has 8 nitrogen and oxygen atoms in total. The number of sulfonamides is 1. The van der Waals surface area contributed by atoms with Gasteiger partial charge in [-0.3, -0.25) is 0 Å². The van der Waals surface area contributed by atoms with Crippen LogP contribution in [0, 0.1) is 0 Å². The maximum Gasteiger partial charge on any atom is 0.350 e. The minimum atomic E-state index is -4.53. The highest BCUT2D eigenvalue weighted by Gasteiger charge is 2.39. The van der Waals surface area contributed by atoms with Crippen LogP contribution in [0.25, 0.3) is 0 Å². The fourth-order valence-corrected chi connectivity index (χ4v) is 5.07. The number of hydrogen-bond donors (Lipinski definition) is 1. The van der Waals surface area contributed by atoms with Crippen LogP contribution in [0.5, 0.6) is 5.75 Å². The fourth-order valence-electron chi connectivity index (χ4n) is 2.94. The molecule has 10 heteroatoms. The molecule has 0 atom stereocenters. The molecule has 0 fully saturated rings. The molecule has 1 aliphatic rings. The molecule has 26 heavy (non-hydrogen) atoms. The number of hydroxylamine groups is 1. The first kappa shape index (κ1) is 18.8. The lowest BCUT2D eigenvalue weighted by molar-refractivity contribution is 0.00649. The summed E-state index contributed by atoms with van der Waals surface area (Å²) in [5, 5.41) is 4.95. The number of fused-ring (bicyclic) bond motifs is 1. The van der Waals surface area contributed by atoms with Crippen LogP contribution in [-0.4, -0.2) is 34.5 Å². The van der Waals surface area contributed by atoms with E-state index in [2.05, 4.69) is 0 Å². The third-order valence-corrected chi connectivity index (χ3v) is 6.28. The lowest BCUT2D eigenvalue weighted by Gasteiger charge is -2.25. The molecule has 140 valence electrons. The van der Waals surface area contributed by atoms with Gasteiger partial charge in [-0.2, -0.15) is 8.42 Å². The van der Waals surface area contributed by atoms with Gasteiger partial charge in [0.1, 0.15) is 5.75 Å². The zero-order chi connectivity index (χ0) is 18.9. The average Bonchev–Trinajstić information content (AvgIpc) is 3.02. The molecule has 0 saturated carbocycles. The SMILES string of the molecule is COc1ccc(S(=O)(=O)N(OS(N)(=O)=O)C2Cc3ccccc3C2)cc1. The van der Waals surface area contributed by atoms with Crippen molar-refractivity contribution in [3.63, 3.8) is 0 Å². The fraction of sp³-hybridized carbons (Fsp3) is 0.250. The second kappa shape index (κ2) is 6.97. The smallest absolute Gasteiger partial charge is 0.350 e. The summed E-state index contributed by atoms with van der Waals surface area (Å²) < 4.78 is 59.1. The second-order valence-electron chi connectivity index (χ2n) is 5.83. The molecule has 0 unspecified atom stereocenters. The van der Waals surface area contributed by atoms with Crippen molar-refractivity contribution in [2.75, 3.05) is 7.11 Å². The number of rotatable bonds is 6. The Morgan fingerprint density at radius 1 is 0.962 bits per heavy atom. The van der Waals surface area contributed by atoms with Gasteiger partial charge in [-0.15, -0.1) is 4.28 Å². The first-order valence-corrected chi connectivity index (χ1v) is 10.6. The molecule has 2 aromatic rings. The number of hydrogen-bond acceptors (Lipinski definition) is 6. The van der Waals surface area contributed by atoms with E-state index in [1.165, 1.54) is 31.4 Å². The maximum absolute atomic E-state index is 13.0. The van der Waals surface area contributed by atoms with Crippen molar-refractivity contribution in [1.29, 1.82) is 0 Å². The maximum atomic E-state index is 13.0. The van der Waals surface area contributed by atoms with Gasteiger partial charge >= 0.3 is 10.3 Å². The number of nitrogens with two attached hydrogens (primary N) is 1. The van der Waals surface area contributed by atoms with E-state index < -0.39 is 26.4 Å². The van der Waals surface area contributed by atoms with Gasteiger partial charge < -0.3 is 4.74 Å². The normalized spacial score (nSPS) is 15.2. The second-order valence-corrected chi connectivity index (χ2v) is 8.75. The molecule has 2 aromatic carbocycles. The van der Waals surface area contributed by atoms with Crippen molar-refractivity contribution in [1.82, 2.24) is 4.47 Å². The van der Waals surface area contributed by atoms with E-state index in [9.17, 15) is 16.8 Å². The Labute approximate surface area is 152 Å². The number of benzene rings is 2. The number of methoxy groups -OCH3 is 1. The molecule has 0 spiro atoms. The summed E-state index contributed by atoms with van der Waals surface area (Å²) in [6.07, 6.45) is 0.641. The molecular weight excluding hydrogens is 380 g/mol. The van der Waals surface area contributed by atoms with Crippen molar-refractivity contribution in [3.05, 3.63) is 59.7 Å². The molecule has 0 aliphatic heterocycles. The van der Waals surface area contributed by atoms with Crippen molar-refractivity contribution in [3.8, 4) is 5.75 Å². The summed E-state index contributed by atoms with van der Waals surface area (Å²) in [5.41, 5.74) is 1.87. The average molecular weight is 398 g/mol. The summed E-state index contributed by atoms with van der Waals surface area (Å²) in [7, 11) is -7.34. The van der Waals surface area contributed by atoms with Gasteiger partial charge in [-0.25, -0.2) is 13.6 Å². The highest BCUT2D eigenvalue weighted by Crippen LogP contribution is 2.30. The van der Waals surface area contributed by atoms with Gasteiger partial charge in [0.05, 0.1) is 18.0 Å². The van der Waals surface area contributed by atoms with E-state index in [1.54, 1.807) is 0 Å². The minimum absolute atomic E-state index is 0.127. The van der Waals surface area contributed by atoms with Crippen LogP contribution < -0.4 is 9.88 Å². The Hall–Kier alpha value is -1.98. The van der Waals surface area contributed by atoms with Crippen LogP contribution in [-0.2, 0) is 37.5 Å². The van der Waals surface area contributed by atoms with Gasteiger partial charge in [-0.05, 0) is 48.2 Å². The molecule has 1 aliphatic carbocycles. The van der Waals surface area contributed by atoms with E-state index in [-0.39, 0.29) is 4.90 Å². The highest BCUT2D eigenvalue weighted by atomic mass is 32.2. The van der Waals surface area contributed by atoms with Crippen LogP contribution in [0.4, 0.5) is 0 Å². The predicted molar refractivity (Wildman–Crippen MR) is 93.8 cm³/mol. The Morgan fingerprint density at radius 2 is 1.50 bits per heavy atom. The topological polar surface area (TPSA) is 116 Å². The third kappa shape index (κ3) is 3.89. The lowest BCUT2D eigenvalue weighted by atomic mass is 10.1. The third-order valence-electron chi connectivity index (χ3n) is 4.10. The van der Waals surface area contributed by atoms with Crippen LogP contribution >= 0.6 is 0 Å². The zero-order valence-electron chi connectivity index (χ0n) is 13.9. The molecule has 0 radical (unpaired) electrons. The molecule has 0 aromatic heterocycles. The van der Waals surface area contributed by atoms with Crippen LogP contribution in [0.1, 0.15) is 11.1 Å². The summed E-state index contributed by atoms with van der Waals surface area (Å²) in [5.74, 6) is 0.469. The Kier molecular flexibility index (Phi) is 5.04. The summed E-state index contributed by atoms with van der Waals surface area (Å²) >= 11 is 0. The molecule has 2 N–H and O–H groups in total.